The van der Waals surface area contributed by atoms with Gasteiger partial charge in [0.1, 0.15) is 13.1 Å². The van der Waals surface area contributed by atoms with Crippen LogP contribution in [0.3, 0.4) is 0 Å². The molecule has 5 amide bonds. The third kappa shape index (κ3) is 14.3. The zero-order valence-corrected chi connectivity index (χ0v) is 18.5. The molecule has 0 saturated carbocycles. The summed E-state index contributed by atoms with van der Waals surface area (Å²) in [5.74, 6) is -2.38. The Balaban J connectivity index is 4.34. The van der Waals surface area contributed by atoms with Gasteiger partial charge in [-0.3, -0.25) is 24.0 Å². The van der Waals surface area contributed by atoms with Crippen molar-refractivity contribution in [3.8, 4) is 0 Å². The first-order chi connectivity index (χ1) is 15.1. The maximum Gasteiger partial charge on any atom is 0.239 e. The van der Waals surface area contributed by atoms with Crippen LogP contribution in [-0.4, -0.2) is 79.2 Å². The Hall–Kier alpha value is -2.77. The van der Waals surface area contributed by atoms with Crippen LogP contribution in [0, 0.1) is 0 Å². The van der Waals surface area contributed by atoms with Crippen LogP contribution in [0.4, 0.5) is 0 Å². The molecule has 0 aliphatic rings. The van der Waals surface area contributed by atoms with Gasteiger partial charge in [0.05, 0.1) is 12.1 Å². The Morgan fingerprint density at radius 3 is 1.47 bits per heavy atom. The highest BCUT2D eigenvalue weighted by Gasteiger charge is 2.19. The number of carbonyl (C=O) groups is 5. The minimum Gasteiger partial charge on any atom is -0.368 e. The van der Waals surface area contributed by atoms with E-state index in [1.807, 2.05) is 0 Å². The number of nitrogens with two attached hydrogens (primary N) is 5. The van der Waals surface area contributed by atoms with Crippen molar-refractivity contribution in [2.24, 2.45) is 28.7 Å². The molecule has 0 saturated heterocycles. The summed E-state index contributed by atoms with van der Waals surface area (Å²) in [7, 11) is 0. The normalized spacial score (nSPS) is 12.5. The van der Waals surface area contributed by atoms with E-state index in [-0.39, 0.29) is 26.1 Å². The van der Waals surface area contributed by atoms with Crippen LogP contribution in [0.15, 0.2) is 0 Å². The van der Waals surface area contributed by atoms with Crippen LogP contribution in [0.1, 0.15) is 44.9 Å². The number of primary amides is 2. The quantitative estimate of drug-likeness (QED) is 0.101. The molecule has 0 heterocycles. The summed E-state index contributed by atoms with van der Waals surface area (Å²) >= 11 is 0. The van der Waals surface area contributed by atoms with Gasteiger partial charge in [0.25, 0.3) is 0 Å². The highest BCUT2D eigenvalue weighted by molar-refractivity contribution is 5.89. The third-order valence-corrected chi connectivity index (χ3v) is 4.64. The molecule has 13 nitrogen and oxygen atoms in total. The van der Waals surface area contributed by atoms with Crippen LogP contribution in [0.25, 0.3) is 0 Å². The Kier molecular flexibility index (Phi) is 15.4. The zero-order valence-electron chi connectivity index (χ0n) is 18.5. The van der Waals surface area contributed by atoms with Crippen LogP contribution in [0.5, 0.6) is 0 Å². The highest BCUT2D eigenvalue weighted by Crippen LogP contribution is 2.00. The van der Waals surface area contributed by atoms with Gasteiger partial charge in [-0.15, -0.1) is 0 Å². The molecule has 0 aromatic rings. The lowest BCUT2D eigenvalue weighted by Crippen LogP contribution is -2.46. The molecule has 0 aliphatic heterocycles. The lowest BCUT2D eigenvalue weighted by molar-refractivity contribution is -0.139. The van der Waals surface area contributed by atoms with Gasteiger partial charge in [-0.1, -0.05) is 0 Å². The second-order valence-corrected chi connectivity index (χ2v) is 7.50. The van der Waals surface area contributed by atoms with E-state index in [2.05, 4.69) is 10.6 Å². The van der Waals surface area contributed by atoms with Gasteiger partial charge in [0.2, 0.25) is 29.5 Å². The fourth-order valence-electron chi connectivity index (χ4n) is 2.69. The number of nitrogens with zero attached hydrogens (tertiary/aromatic N) is 1. The van der Waals surface area contributed by atoms with E-state index in [0.717, 1.165) is 4.90 Å². The molecule has 32 heavy (non-hydrogen) atoms. The van der Waals surface area contributed by atoms with Crippen LogP contribution >= 0.6 is 0 Å². The molecule has 2 atom stereocenters. The molecule has 12 N–H and O–H groups in total. The Labute approximate surface area is 188 Å². The average molecular weight is 459 g/mol. The van der Waals surface area contributed by atoms with Crippen molar-refractivity contribution >= 4 is 29.5 Å². The van der Waals surface area contributed by atoms with E-state index in [0.29, 0.717) is 51.6 Å². The number of hydrogen-bond acceptors (Lipinski definition) is 8. The van der Waals surface area contributed by atoms with Crippen molar-refractivity contribution < 1.29 is 24.0 Å². The lowest BCUT2D eigenvalue weighted by Gasteiger charge is -2.21. The number of rotatable bonds is 18. The molecule has 0 aromatic carbocycles. The van der Waals surface area contributed by atoms with Crippen LogP contribution in [0.2, 0.25) is 0 Å². The number of nitrogens with one attached hydrogen (secondary N) is 2. The van der Waals surface area contributed by atoms with E-state index in [9.17, 15) is 24.0 Å². The maximum atomic E-state index is 12.2. The van der Waals surface area contributed by atoms with Crippen molar-refractivity contribution in [3.05, 3.63) is 0 Å². The summed E-state index contributed by atoms with van der Waals surface area (Å²) in [6.07, 6.45) is 3.23. The van der Waals surface area contributed by atoms with Crippen LogP contribution in [-0.2, 0) is 24.0 Å². The summed E-state index contributed by atoms with van der Waals surface area (Å²) in [4.78, 5) is 59.4. The Morgan fingerprint density at radius 1 is 0.719 bits per heavy atom. The second-order valence-electron chi connectivity index (χ2n) is 7.50. The Bertz CT molecular complexity index is 587. The monoisotopic (exact) mass is 458 g/mol. The van der Waals surface area contributed by atoms with Gasteiger partial charge >= 0.3 is 0 Å². The predicted octanol–water partition coefficient (Wildman–Crippen LogP) is -3.64. The standard InChI is InChI=1S/C19H38N8O5/c20-8-7-17(30)27(11-15(28)25-9-3-1-5-13(21)18(23)31)12-16(29)26-10-4-2-6-14(22)19(24)32/h13-14H,1-12,20-22H2,(H2,23,31)(H2,24,32)(H,25,28)(H,26,29). The highest BCUT2D eigenvalue weighted by atomic mass is 16.2. The average Bonchev–Trinajstić information content (AvgIpc) is 2.72. The van der Waals surface area contributed by atoms with Crippen molar-refractivity contribution in [1.82, 2.24) is 15.5 Å². The maximum absolute atomic E-state index is 12.2. The summed E-state index contributed by atoms with van der Waals surface area (Å²) in [6.45, 7) is 0.214. The minimum atomic E-state index is -0.714. The Morgan fingerprint density at radius 2 is 1.12 bits per heavy atom. The van der Waals surface area contributed by atoms with Crippen LogP contribution < -0.4 is 39.3 Å². The number of amides is 5. The fourth-order valence-corrected chi connectivity index (χ4v) is 2.69. The largest absolute Gasteiger partial charge is 0.368 e. The van der Waals surface area contributed by atoms with Gasteiger partial charge < -0.3 is 44.2 Å². The van der Waals surface area contributed by atoms with Crippen molar-refractivity contribution in [3.63, 3.8) is 0 Å². The lowest BCUT2D eigenvalue weighted by atomic mass is 10.1. The second kappa shape index (κ2) is 16.9. The molecule has 0 fully saturated rings. The molecule has 2 unspecified atom stereocenters. The molecule has 0 bridgehead atoms. The molecule has 13 heteroatoms. The SMILES string of the molecule is NCCC(=O)N(CC(=O)NCCCCC(N)C(N)=O)CC(=O)NCCCCC(N)C(N)=O. The van der Waals surface area contributed by atoms with Crippen molar-refractivity contribution in [1.29, 1.82) is 0 Å². The number of hydrogen-bond donors (Lipinski definition) is 7. The molecule has 184 valence electrons. The molecule has 0 radical (unpaired) electrons. The first kappa shape index (κ1) is 29.2. The molecule has 0 aromatic heterocycles. The molecular weight excluding hydrogens is 420 g/mol. The molecule has 0 rings (SSSR count). The number of carbonyl (C=O) groups excluding carboxylic acids is 5. The third-order valence-electron chi connectivity index (χ3n) is 4.64. The molecule has 0 aliphatic carbocycles. The summed E-state index contributed by atoms with van der Waals surface area (Å²) in [6, 6.07) is -1.43. The zero-order chi connectivity index (χ0) is 24.5. The first-order valence-corrected chi connectivity index (χ1v) is 10.7. The van der Waals surface area contributed by atoms with Gasteiger partial charge in [-0.05, 0) is 38.5 Å². The van der Waals surface area contributed by atoms with Crippen molar-refractivity contribution in [2.45, 2.75) is 57.0 Å². The first-order valence-electron chi connectivity index (χ1n) is 10.7. The minimum absolute atomic E-state index is 0.0105. The predicted molar refractivity (Wildman–Crippen MR) is 118 cm³/mol. The van der Waals surface area contributed by atoms with E-state index in [1.165, 1.54) is 0 Å². The summed E-state index contributed by atoms with van der Waals surface area (Å²) in [5.41, 5.74) is 26.6. The number of unbranched alkanes of at least 4 members (excludes halogenated alkanes) is 2. The summed E-state index contributed by atoms with van der Waals surface area (Å²) < 4.78 is 0. The summed E-state index contributed by atoms with van der Waals surface area (Å²) in [5, 5.41) is 5.33. The smallest absolute Gasteiger partial charge is 0.239 e. The van der Waals surface area contributed by atoms with Crippen molar-refractivity contribution in [2.75, 3.05) is 32.7 Å². The van der Waals surface area contributed by atoms with E-state index < -0.39 is 41.6 Å². The molecule has 0 spiro atoms. The van der Waals surface area contributed by atoms with E-state index in [1.54, 1.807) is 0 Å². The van der Waals surface area contributed by atoms with Gasteiger partial charge in [-0.2, -0.15) is 0 Å². The van der Waals surface area contributed by atoms with Gasteiger partial charge in [-0.25, -0.2) is 0 Å². The topological polar surface area (TPSA) is 243 Å². The molecular formula is C19H38N8O5. The van der Waals surface area contributed by atoms with E-state index in [4.69, 9.17) is 28.7 Å². The fraction of sp³-hybridized carbons (Fsp3) is 0.737. The van der Waals surface area contributed by atoms with Gasteiger partial charge in [0, 0.05) is 26.1 Å². The van der Waals surface area contributed by atoms with Gasteiger partial charge in [0.15, 0.2) is 0 Å². The van der Waals surface area contributed by atoms with E-state index >= 15 is 0 Å².